The van der Waals surface area contributed by atoms with E-state index in [2.05, 4.69) is 91.0 Å². The van der Waals surface area contributed by atoms with E-state index in [0.29, 0.717) is 0 Å². The fraction of sp³-hybridized carbons (Fsp3) is 0.143. The first-order valence-corrected chi connectivity index (χ1v) is 12.2. The van der Waals surface area contributed by atoms with Gasteiger partial charge in [-0.25, -0.2) is 0 Å². The third-order valence-electron chi connectivity index (χ3n) is 3.67. The summed E-state index contributed by atoms with van der Waals surface area (Å²) in [4.78, 5) is 1.38. The molecule has 3 aromatic carbocycles. The fourth-order valence-corrected chi connectivity index (χ4v) is 8.83. The van der Waals surface area contributed by atoms with Crippen molar-refractivity contribution >= 4 is 35.1 Å². The third-order valence-corrected chi connectivity index (χ3v) is 10.2. The Morgan fingerprint density at radius 2 is 1.09 bits per heavy atom. The van der Waals surface area contributed by atoms with E-state index in [4.69, 9.17) is 0 Å². The van der Waals surface area contributed by atoms with Crippen molar-refractivity contribution < 1.29 is 0 Å². The number of hydrogen-bond donors (Lipinski definition) is 0. The molecule has 116 valence electrons. The van der Waals surface area contributed by atoms with E-state index in [1.165, 1.54) is 22.3 Å². The van der Waals surface area contributed by atoms with Gasteiger partial charge < -0.3 is 0 Å². The van der Waals surface area contributed by atoms with Crippen molar-refractivity contribution in [1.29, 1.82) is 0 Å². The Morgan fingerprint density at radius 3 is 1.61 bits per heavy atom. The maximum absolute atomic E-state index is 2.32. The number of rotatable bonds is 7. The van der Waals surface area contributed by atoms with Gasteiger partial charge in [0.1, 0.15) is 0 Å². The molecule has 0 aliphatic rings. The molecule has 0 nitrogen and oxygen atoms in total. The number of hydrogen-bond acceptors (Lipinski definition) is 1. The number of thioether (sulfide) groups is 1. The zero-order valence-corrected chi connectivity index (χ0v) is 15.8. The van der Waals surface area contributed by atoms with Crippen molar-refractivity contribution in [2.24, 2.45) is 0 Å². The molecule has 0 aliphatic carbocycles. The Morgan fingerprint density at radius 1 is 0.609 bits per heavy atom. The minimum absolute atomic E-state index is 1.17. The monoisotopic (exact) mass is 380 g/mol. The molecule has 0 bridgehead atoms. The van der Waals surface area contributed by atoms with Crippen LogP contribution in [-0.4, -0.2) is 20.4 Å². The second-order valence-electron chi connectivity index (χ2n) is 5.34. The zero-order chi connectivity index (χ0) is 15.7. The van der Waals surface area contributed by atoms with E-state index < -0.39 is 14.7 Å². The Labute approximate surface area is 148 Å². The van der Waals surface area contributed by atoms with E-state index in [1.807, 2.05) is 11.8 Å². The van der Waals surface area contributed by atoms with Gasteiger partial charge in [-0.2, -0.15) is 0 Å². The van der Waals surface area contributed by atoms with Gasteiger partial charge in [0, 0.05) is 0 Å². The van der Waals surface area contributed by atoms with E-state index in [-0.39, 0.29) is 0 Å². The molecular weight excluding hydrogens is 359 g/mol. The van der Waals surface area contributed by atoms with Gasteiger partial charge in [-0.05, 0) is 0 Å². The van der Waals surface area contributed by atoms with Crippen LogP contribution >= 0.6 is 11.8 Å². The van der Waals surface area contributed by atoms with Crippen LogP contribution in [0, 0.1) is 0 Å². The molecule has 0 aliphatic heterocycles. The Hall–Kier alpha value is -1.43. The fourth-order valence-electron chi connectivity index (χ4n) is 2.55. The molecule has 2 heteroatoms. The van der Waals surface area contributed by atoms with Crippen LogP contribution in [0.1, 0.15) is 6.42 Å². The standard InChI is InChI=1S/C21H21AsS/c1-4-11-19(12-5-1)22(20-13-6-2-7-14-20)17-10-18-23-21-15-8-3-9-16-21/h1-9,11-16H,10,17-18H2. The van der Waals surface area contributed by atoms with Crippen LogP contribution in [0.15, 0.2) is 95.9 Å². The molecule has 0 saturated heterocycles. The summed E-state index contributed by atoms with van der Waals surface area (Å²) in [6.45, 7) is 0. The Balaban J connectivity index is 1.63. The minimum atomic E-state index is -1.17. The average molecular weight is 380 g/mol. The van der Waals surface area contributed by atoms with Crippen LogP contribution < -0.4 is 8.70 Å². The summed E-state index contributed by atoms with van der Waals surface area (Å²) in [6.07, 6.45) is 1.28. The van der Waals surface area contributed by atoms with Gasteiger partial charge in [0.05, 0.1) is 0 Å². The molecule has 0 amide bonds. The van der Waals surface area contributed by atoms with Crippen molar-refractivity contribution in [3.8, 4) is 0 Å². The summed E-state index contributed by atoms with van der Waals surface area (Å²) in [5.74, 6) is 1.20. The Kier molecular flexibility index (Phi) is 6.43. The predicted octanol–water partition coefficient (Wildman–Crippen LogP) is 4.48. The molecule has 23 heavy (non-hydrogen) atoms. The first kappa shape index (κ1) is 16.4. The summed E-state index contributed by atoms with van der Waals surface area (Å²) in [5.41, 5.74) is 0. The summed E-state index contributed by atoms with van der Waals surface area (Å²) in [6, 6.07) is 32.9. The van der Waals surface area contributed by atoms with Gasteiger partial charge in [-0.15, -0.1) is 0 Å². The zero-order valence-electron chi connectivity index (χ0n) is 13.1. The van der Waals surface area contributed by atoms with Gasteiger partial charge in [-0.1, -0.05) is 0 Å². The van der Waals surface area contributed by atoms with E-state index in [0.717, 1.165) is 0 Å². The van der Waals surface area contributed by atoms with Crippen molar-refractivity contribution in [3.05, 3.63) is 91.0 Å². The molecule has 3 aromatic rings. The molecule has 0 aromatic heterocycles. The maximum atomic E-state index is 2.32. The SMILES string of the molecule is c1ccc(SCCC[As](c2ccccc2)c2ccccc2)cc1. The van der Waals surface area contributed by atoms with Crippen LogP contribution in [0.2, 0.25) is 5.21 Å². The Bertz CT molecular complexity index is 643. The molecule has 3 rings (SSSR count). The van der Waals surface area contributed by atoms with Crippen molar-refractivity contribution in [2.75, 3.05) is 5.75 Å². The molecule has 0 radical (unpaired) electrons. The molecular formula is C21H21AsS. The van der Waals surface area contributed by atoms with E-state index in [9.17, 15) is 0 Å². The van der Waals surface area contributed by atoms with Crippen molar-refractivity contribution in [1.82, 2.24) is 0 Å². The first-order valence-electron chi connectivity index (χ1n) is 7.99. The third kappa shape index (κ3) is 5.02. The van der Waals surface area contributed by atoms with Gasteiger partial charge in [0.2, 0.25) is 0 Å². The van der Waals surface area contributed by atoms with Crippen LogP contribution in [0.4, 0.5) is 0 Å². The van der Waals surface area contributed by atoms with E-state index >= 15 is 0 Å². The van der Waals surface area contributed by atoms with E-state index in [1.54, 1.807) is 8.70 Å². The van der Waals surface area contributed by atoms with Crippen LogP contribution in [0.3, 0.4) is 0 Å². The van der Waals surface area contributed by atoms with Crippen LogP contribution in [0.5, 0.6) is 0 Å². The second kappa shape index (κ2) is 9.01. The van der Waals surface area contributed by atoms with Gasteiger partial charge in [0.15, 0.2) is 0 Å². The number of benzene rings is 3. The van der Waals surface area contributed by atoms with Gasteiger partial charge in [-0.3, -0.25) is 0 Å². The van der Waals surface area contributed by atoms with Gasteiger partial charge >= 0.3 is 148 Å². The summed E-state index contributed by atoms with van der Waals surface area (Å²) in [7, 11) is 0. The molecule has 0 saturated carbocycles. The average Bonchev–Trinajstić information content (AvgIpc) is 2.64. The predicted molar refractivity (Wildman–Crippen MR) is 104 cm³/mol. The molecule has 0 N–H and O–H groups in total. The summed E-state index contributed by atoms with van der Waals surface area (Å²) >= 11 is 0.808. The normalized spacial score (nSPS) is 10.8. The summed E-state index contributed by atoms with van der Waals surface area (Å²) < 4.78 is 3.13. The van der Waals surface area contributed by atoms with Crippen LogP contribution in [0.25, 0.3) is 0 Å². The summed E-state index contributed by atoms with van der Waals surface area (Å²) in [5, 5.41) is 1.33. The van der Waals surface area contributed by atoms with Gasteiger partial charge in [0.25, 0.3) is 0 Å². The quantitative estimate of drug-likeness (QED) is 0.331. The first-order chi connectivity index (χ1) is 11.4. The second-order valence-corrected chi connectivity index (χ2v) is 11.4. The van der Waals surface area contributed by atoms with Crippen molar-refractivity contribution in [2.45, 2.75) is 16.5 Å². The van der Waals surface area contributed by atoms with Crippen LogP contribution in [-0.2, 0) is 0 Å². The molecule has 0 spiro atoms. The topological polar surface area (TPSA) is 0 Å². The molecule has 0 fully saturated rings. The molecule has 0 heterocycles. The molecule has 0 unspecified atom stereocenters. The molecule has 0 atom stereocenters. The van der Waals surface area contributed by atoms with Crippen molar-refractivity contribution in [3.63, 3.8) is 0 Å².